The van der Waals surface area contributed by atoms with Crippen LogP contribution in [0.1, 0.15) is 6.92 Å². The molecule has 2 N–H and O–H groups in total. The average Bonchev–Trinajstić information content (AvgIpc) is 2.69. The number of amides is 1. The van der Waals surface area contributed by atoms with Crippen LogP contribution < -0.4 is 15.6 Å². The van der Waals surface area contributed by atoms with Gasteiger partial charge in [-0.15, -0.1) is 0 Å². The molecular formula is C20H18ClN3O3S. The van der Waals surface area contributed by atoms with E-state index in [0.29, 0.717) is 21.6 Å². The van der Waals surface area contributed by atoms with Crippen molar-refractivity contribution in [3.05, 3.63) is 70.0 Å². The van der Waals surface area contributed by atoms with Crippen molar-refractivity contribution in [1.82, 2.24) is 9.97 Å². The number of nitrogens with one attached hydrogen (secondary N) is 2. The molecule has 1 aromatic heterocycles. The molecule has 0 aliphatic carbocycles. The van der Waals surface area contributed by atoms with Gasteiger partial charge in [-0.3, -0.25) is 9.59 Å². The van der Waals surface area contributed by atoms with E-state index in [1.54, 1.807) is 50.4 Å². The fourth-order valence-electron chi connectivity index (χ4n) is 2.40. The highest BCUT2D eigenvalue weighted by Gasteiger charge is 2.17. The molecule has 0 aliphatic rings. The van der Waals surface area contributed by atoms with Crippen molar-refractivity contribution < 1.29 is 9.53 Å². The lowest BCUT2D eigenvalue weighted by molar-refractivity contribution is -0.115. The van der Waals surface area contributed by atoms with Crippen molar-refractivity contribution in [2.45, 2.75) is 17.3 Å². The maximum absolute atomic E-state index is 12.4. The summed E-state index contributed by atoms with van der Waals surface area (Å²) in [6, 6.07) is 15.5. The van der Waals surface area contributed by atoms with Crippen molar-refractivity contribution >= 4 is 35.0 Å². The van der Waals surface area contributed by atoms with E-state index in [1.165, 1.54) is 17.8 Å². The maximum atomic E-state index is 12.4. The summed E-state index contributed by atoms with van der Waals surface area (Å²) in [5.41, 5.74) is 1.68. The van der Waals surface area contributed by atoms with E-state index in [4.69, 9.17) is 16.3 Å². The molecule has 6 nitrogen and oxygen atoms in total. The molecule has 28 heavy (non-hydrogen) atoms. The third-order valence-electron chi connectivity index (χ3n) is 3.88. The van der Waals surface area contributed by atoms with Gasteiger partial charge in [-0.05, 0) is 55.5 Å². The van der Waals surface area contributed by atoms with Crippen LogP contribution in [0.5, 0.6) is 5.75 Å². The summed E-state index contributed by atoms with van der Waals surface area (Å²) < 4.78 is 5.14. The first kappa shape index (κ1) is 20.0. The van der Waals surface area contributed by atoms with Crippen LogP contribution in [0.3, 0.4) is 0 Å². The van der Waals surface area contributed by atoms with E-state index >= 15 is 0 Å². The number of methoxy groups -OCH3 is 1. The van der Waals surface area contributed by atoms with Crippen LogP contribution in [-0.2, 0) is 4.79 Å². The highest BCUT2D eigenvalue weighted by Crippen LogP contribution is 2.24. The van der Waals surface area contributed by atoms with Crippen LogP contribution in [0.25, 0.3) is 11.3 Å². The van der Waals surface area contributed by atoms with Gasteiger partial charge in [-0.1, -0.05) is 23.4 Å². The minimum Gasteiger partial charge on any atom is -0.497 e. The summed E-state index contributed by atoms with van der Waals surface area (Å²) in [6.07, 6.45) is 0. The Morgan fingerprint density at radius 2 is 1.86 bits per heavy atom. The standard InChI is InChI=1S/C20H18ClN3O3S/c1-12(19(26)22-15-7-5-14(21)6-8-15)28-20-23-17(11-18(25)24-20)13-3-9-16(27-2)10-4-13/h3-12H,1-2H3,(H,22,26)(H,23,24,25). The molecule has 2 aromatic carbocycles. The number of rotatable bonds is 6. The number of thioether (sulfide) groups is 1. The Kier molecular flexibility index (Phi) is 6.38. The second kappa shape index (κ2) is 8.95. The fourth-order valence-corrected chi connectivity index (χ4v) is 3.34. The first-order valence-corrected chi connectivity index (χ1v) is 9.69. The molecule has 1 heterocycles. The monoisotopic (exact) mass is 415 g/mol. The number of benzene rings is 2. The number of nitrogens with zero attached hydrogens (tertiary/aromatic N) is 1. The Bertz CT molecular complexity index is 1020. The van der Waals surface area contributed by atoms with Gasteiger partial charge in [-0.25, -0.2) is 4.98 Å². The minimum atomic E-state index is -0.468. The molecule has 0 spiro atoms. The lowest BCUT2D eigenvalue weighted by atomic mass is 10.1. The number of halogens is 1. The summed E-state index contributed by atoms with van der Waals surface area (Å²) in [5.74, 6) is 0.514. The summed E-state index contributed by atoms with van der Waals surface area (Å²) >= 11 is 7.02. The fraction of sp³-hybridized carbons (Fsp3) is 0.150. The van der Waals surface area contributed by atoms with Gasteiger partial charge in [0.1, 0.15) is 5.75 Å². The number of carbonyl (C=O) groups is 1. The number of aromatic amines is 1. The number of H-pyrrole nitrogens is 1. The van der Waals surface area contributed by atoms with Crippen LogP contribution in [0.2, 0.25) is 5.02 Å². The molecule has 144 valence electrons. The normalized spacial score (nSPS) is 11.7. The number of hydrogen-bond donors (Lipinski definition) is 2. The SMILES string of the molecule is COc1ccc(-c2cc(=O)[nH]c(SC(C)C(=O)Nc3ccc(Cl)cc3)n2)cc1. The first-order valence-electron chi connectivity index (χ1n) is 8.43. The number of aromatic nitrogens is 2. The lowest BCUT2D eigenvalue weighted by Crippen LogP contribution is -2.23. The van der Waals surface area contributed by atoms with Gasteiger partial charge in [0.25, 0.3) is 5.56 Å². The van der Waals surface area contributed by atoms with E-state index in [9.17, 15) is 9.59 Å². The quantitative estimate of drug-likeness (QED) is 0.465. The van der Waals surface area contributed by atoms with Crippen molar-refractivity contribution in [2.24, 2.45) is 0 Å². The molecule has 1 amide bonds. The highest BCUT2D eigenvalue weighted by molar-refractivity contribution is 8.00. The third kappa shape index (κ3) is 5.15. The van der Waals surface area contributed by atoms with Gasteiger partial charge < -0.3 is 15.0 Å². The van der Waals surface area contributed by atoms with Gasteiger partial charge in [0.15, 0.2) is 5.16 Å². The summed E-state index contributed by atoms with van der Waals surface area (Å²) in [6.45, 7) is 1.75. The van der Waals surface area contributed by atoms with Gasteiger partial charge in [0.2, 0.25) is 5.91 Å². The van der Waals surface area contributed by atoms with Crippen molar-refractivity contribution in [1.29, 1.82) is 0 Å². The zero-order valence-corrected chi connectivity index (χ0v) is 16.8. The van der Waals surface area contributed by atoms with Gasteiger partial charge in [0, 0.05) is 22.3 Å². The summed E-state index contributed by atoms with van der Waals surface area (Å²) in [7, 11) is 1.59. The average molecular weight is 416 g/mol. The zero-order valence-electron chi connectivity index (χ0n) is 15.2. The largest absolute Gasteiger partial charge is 0.497 e. The number of carbonyl (C=O) groups excluding carboxylic acids is 1. The third-order valence-corrected chi connectivity index (χ3v) is 5.11. The molecule has 0 saturated carbocycles. The smallest absolute Gasteiger partial charge is 0.252 e. The van der Waals surface area contributed by atoms with E-state index in [1.807, 2.05) is 12.1 Å². The predicted molar refractivity (Wildman–Crippen MR) is 112 cm³/mol. The van der Waals surface area contributed by atoms with Crippen molar-refractivity contribution in [3.63, 3.8) is 0 Å². The molecule has 3 rings (SSSR count). The molecule has 0 aliphatic heterocycles. The van der Waals surface area contributed by atoms with E-state index in [0.717, 1.165) is 11.3 Å². The summed E-state index contributed by atoms with van der Waals surface area (Å²) in [5, 5.41) is 3.31. The zero-order chi connectivity index (χ0) is 20.1. The second-order valence-corrected chi connectivity index (χ2v) is 7.69. The van der Waals surface area contributed by atoms with E-state index in [-0.39, 0.29) is 11.5 Å². The van der Waals surface area contributed by atoms with Crippen LogP contribution in [0.4, 0.5) is 5.69 Å². The molecule has 0 radical (unpaired) electrons. The Labute approximate surface area is 171 Å². The molecule has 1 unspecified atom stereocenters. The number of ether oxygens (including phenoxy) is 1. The van der Waals surface area contributed by atoms with Crippen LogP contribution >= 0.6 is 23.4 Å². The van der Waals surface area contributed by atoms with Crippen LogP contribution in [0.15, 0.2) is 64.5 Å². The molecule has 1 atom stereocenters. The Morgan fingerprint density at radius 1 is 1.18 bits per heavy atom. The number of anilines is 1. The second-order valence-electron chi connectivity index (χ2n) is 5.92. The molecule has 3 aromatic rings. The topological polar surface area (TPSA) is 84.1 Å². The highest BCUT2D eigenvalue weighted by atomic mass is 35.5. The van der Waals surface area contributed by atoms with Crippen molar-refractivity contribution in [2.75, 3.05) is 12.4 Å². The Balaban J connectivity index is 1.74. The van der Waals surface area contributed by atoms with E-state index in [2.05, 4.69) is 15.3 Å². The lowest BCUT2D eigenvalue weighted by Gasteiger charge is -2.12. The van der Waals surface area contributed by atoms with E-state index < -0.39 is 5.25 Å². The Hall–Kier alpha value is -2.77. The summed E-state index contributed by atoms with van der Waals surface area (Å²) in [4.78, 5) is 31.6. The van der Waals surface area contributed by atoms with Gasteiger partial charge >= 0.3 is 0 Å². The van der Waals surface area contributed by atoms with Gasteiger partial charge in [0.05, 0.1) is 18.1 Å². The molecular weight excluding hydrogens is 398 g/mol. The molecule has 0 fully saturated rings. The van der Waals surface area contributed by atoms with Gasteiger partial charge in [-0.2, -0.15) is 0 Å². The number of hydrogen-bond acceptors (Lipinski definition) is 5. The van der Waals surface area contributed by atoms with Crippen LogP contribution in [0, 0.1) is 0 Å². The molecule has 0 bridgehead atoms. The van der Waals surface area contributed by atoms with Crippen molar-refractivity contribution in [3.8, 4) is 17.0 Å². The first-order chi connectivity index (χ1) is 13.4. The predicted octanol–water partition coefficient (Wildman–Crippen LogP) is 4.22. The minimum absolute atomic E-state index is 0.204. The Morgan fingerprint density at radius 3 is 2.50 bits per heavy atom. The maximum Gasteiger partial charge on any atom is 0.252 e. The molecule has 8 heteroatoms. The molecule has 0 saturated heterocycles. The van der Waals surface area contributed by atoms with Crippen LogP contribution in [-0.4, -0.2) is 28.2 Å².